The van der Waals surface area contributed by atoms with Gasteiger partial charge < -0.3 is 45.6 Å². The van der Waals surface area contributed by atoms with E-state index in [1.807, 2.05) is 27.7 Å². The molecule has 2 rings (SSSR count). The van der Waals surface area contributed by atoms with Crippen LogP contribution in [0.1, 0.15) is 34.6 Å². The fourth-order valence-electron chi connectivity index (χ4n) is 3.87. The fourth-order valence-corrected chi connectivity index (χ4v) is 3.87. The van der Waals surface area contributed by atoms with Crippen molar-refractivity contribution in [2.45, 2.75) is 88.6 Å². The second-order valence-electron chi connectivity index (χ2n) is 8.11. The normalized spacial score (nSPS) is 43.1. The highest BCUT2D eigenvalue weighted by atomic mass is 16.8. The van der Waals surface area contributed by atoms with Gasteiger partial charge in [0.15, 0.2) is 5.79 Å². The lowest BCUT2D eigenvalue weighted by Gasteiger charge is -2.54. The van der Waals surface area contributed by atoms with Crippen molar-refractivity contribution in [1.29, 1.82) is 0 Å². The topological polar surface area (TPSA) is 145 Å². The van der Waals surface area contributed by atoms with Gasteiger partial charge in [-0.25, -0.2) is 0 Å². The predicted octanol–water partition coefficient (Wildman–Crippen LogP) is -0.804. The van der Waals surface area contributed by atoms with Crippen LogP contribution in [0.3, 0.4) is 0 Å². The van der Waals surface area contributed by atoms with Crippen molar-refractivity contribution in [3.05, 3.63) is 0 Å². The summed E-state index contributed by atoms with van der Waals surface area (Å²) in [5.74, 6) is -3.49. The SMILES string of the molecule is COC1(C)OC(CN)C(CN)OC1(NC(C)C1OC(C)(C)OC1C(C)N)OC. The summed E-state index contributed by atoms with van der Waals surface area (Å²) in [5.41, 5.74) is 17.8. The first-order valence-corrected chi connectivity index (χ1v) is 9.73. The summed E-state index contributed by atoms with van der Waals surface area (Å²) in [6.07, 6.45) is -1.58. The fraction of sp³-hybridized carbons (Fsp3) is 1.00. The Labute approximate surface area is 167 Å². The summed E-state index contributed by atoms with van der Waals surface area (Å²) in [6.45, 7) is 9.71. The van der Waals surface area contributed by atoms with Gasteiger partial charge in [0.25, 0.3) is 5.91 Å². The quantitative estimate of drug-likeness (QED) is 0.378. The van der Waals surface area contributed by atoms with Gasteiger partial charge in [0.05, 0.1) is 0 Å². The second kappa shape index (κ2) is 8.76. The van der Waals surface area contributed by atoms with E-state index in [-0.39, 0.29) is 37.4 Å². The Morgan fingerprint density at radius 1 is 0.893 bits per heavy atom. The van der Waals surface area contributed by atoms with E-state index in [4.69, 9.17) is 45.6 Å². The third-order valence-corrected chi connectivity index (χ3v) is 5.44. The molecule has 0 aliphatic carbocycles. The molecule has 2 fully saturated rings. The van der Waals surface area contributed by atoms with Gasteiger partial charge in [-0.05, 0) is 34.6 Å². The number of ether oxygens (including phenoxy) is 6. The van der Waals surface area contributed by atoms with Crippen molar-refractivity contribution in [3.8, 4) is 0 Å². The monoisotopic (exact) mass is 406 g/mol. The van der Waals surface area contributed by atoms with Gasteiger partial charge in [-0.15, -0.1) is 0 Å². The number of nitrogens with one attached hydrogen (secondary N) is 1. The van der Waals surface area contributed by atoms with E-state index >= 15 is 0 Å². The van der Waals surface area contributed by atoms with Crippen LogP contribution in [0.4, 0.5) is 0 Å². The minimum atomic E-state index is -1.45. The summed E-state index contributed by atoms with van der Waals surface area (Å²) in [4.78, 5) is 0. The molecule has 2 heterocycles. The molecule has 166 valence electrons. The van der Waals surface area contributed by atoms with Gasteiger partial charge in [-0.3, -0.25) is 5.32 Å². The number of methoxy groups -OCH3 is 2. The first kappa shape index (κ1) is 23.9. The molecular formula is C18H38N4O6. The molecule has 28 heavy (non-hydrogen) atoms. The van der Waals surface area contributed by atoms with Crippen LogP contribution in [0.25, 0.3) is 0 Å². The largest absolute Gasteiger partial charge is 0.348 e. The Morgan fingerprint density at radius 3 is 1.89 bits per heavy atom. The molecule has 10 nitrogen and oxygen atoms in total. The predicted molar refractivity (Wildman–Crippen MR) is 103 cm³/mol. The van der Waals surface area contributed by atoms with Gasteiger partial charge in [0.2, 0.25) is 5.79 Å². The van der Waals surface area contributed by atoms with E-state index in [0.29, 0.717) is 0 Å². The molecule has 0 spiro atoms. The lowest BCUT2D eigenvalue weighted by atomic mass is 10.00. The zero-order valence-corrected chi connectivity index (χ0v) is 18.1. The molecule has 0 aromatic rings. The lowest BCUT2D eigenvalue weighted by molar-refractivity contribution is -0.463. The maximum Gasteiger partial charge on any atom is 0.284 e. The van der Waals surface area contributed by atoms with Crippen LogP contribution < -0.4 is 22.5 Å². The smallest absolute Gasteiger partial charge is 0.284 e. The lowest BCUT2D eigenvalue weighted by Crippen LogP contribution is -2.76. The van der Waals surface area contributed by atoms with E-state index in [2.05, 4.69) is 5.32 Å². The van der Waals surface area contributed by atoms with Crippen molar-refractivity contribution in [2.75, 3.05) is 27.3 Å². The van der Waals surface area contributed by atoms with Crippen molar-refractivity contribution in [3.63, 3.8) is 0 Å². The van der Waals surface area contributed by atoms with E-state index < -0.39 is 29.7 Å². The highest BCUT2D eigenvalue weighted by Gasteiger charge is 2.61. The van der Waals surface area contributed by atoms with E-state index in [1.54, 1.807) is 6.92 Å². The average Bonchev–Trinajstić information content (AvgIpc) is 2.99. The third kappa shape index (κ3) is 4.36. The Balaban J connectivity index is 2.30. The van der Waals surface area contributed by atoms with Gasteiger partial charge in [-0.2, -0.15) is 0 Å². The summed E-state index contributed by atoms with van der Waals surface area (Å²) in [6, 6.07) is -0.520. The summed E-state index contributed by atoms with van der Waals surface area (Å²) >= 11 is 0. The molecule has 10 heteroatoms. The van der Waals surface area contributed by atoms with Gasteiger partial charge >= 0.3 is 0 Å². The summed E-state index contributed by atoms with van der Waals surface area (Å²) in [7, 11) is 3.03. The minimum absolute atomic E-state index is 0.210. The first-order chi connectivity index (χ1) is 13.0. The van der Waals surface area contributed by atoms with Crippen LogP contribution in [-0.4, -0.2) is 81.3 Å². The molecular weight excluding hydrogens is 368 g/mol. The highest BCUT2D eigenvalue weighted by Crippen LogP contribution is 2.39. The van der Waals surface area contributed by atoms with Crippen molar-refractivity contribution in [2.24, 2.45) is 17.2 Å². The van der Waals surface area contributed by atoms with Crippen LogP contribution in [0, 0.1) is 0 Å². The van der Waals surface area contributed by atoms with Crippen molar-refractivity contribution >= 4 is 0 Å². The highest BCUT2D eigenvalue weighted by molar-refractivity contribution is 4.98. The molecule has 0 aromatic heterocycles. The molecule has 0 bridgehead atoms. The van der Waals surface area contributed by atoms with Gasteiger partial charge in [0.1, 0.15) is 24.4 Å². The van der Waals surface area contributed by atoms with Crippen LogP contribution >= 0.6 is 0 Å². The van der Waals surface area contributed by atoms with E-state index in [0.717, 1.165) is 0 Å². The molecule has 0 aromatic carbocycles. The molecule has 8 atom stereocenters. The molecule has 7 N–H and O–H groups in total. The number of hydrogen-bond donors (Lipinski definition) is 4. The zero-order valence-electron chi connectivity index (χ0n) is 18.1. The average molecular weight is 407 g/mol. The molecule has 2 saturated heterocycles. The van der Waals surface area contributed by atoms with Crippen molar-refractivity contribution < 1.29 is 28.4 Å². The Morgan fingerprint density at radius 2 is 1.43 bits per heavy atom. The van der Waals surface area contributed by atoms with Crippen LogP contribution in [0.5, 0.6) is 0 Å². The van der Waals surface area contributed by atoms with E-state index in [9.17, 15) is 0 Å². The first-order valence-electron chi connectivity index (χ1n) is 9.73. The second-order valence-corrected chi connectivity index (χ2v) is 8.11. The molecule has 0 saturated carbocycles. The molecule has 0 radical (unpaired) electrons. The summed E-state index contributed by atoms with van der Waals surface area (Å²) < 4.78 is 35.9. The Kier molecular flexibility index (Phi) is 7.47. The van der Waals surface area contributed by atoms with Gasteiger partial charge in [-0.1, -0.05) is 0 Å². The Hall–Kier alpha value is -0.400. The van der Waals surface area contributed by atoms with Gasteiger partial charge in [0, 0.05) is 39.4 Å². The maximum atomic E-state index is 6.24. The Bertz CT molecular complexity index is 524. The van der Waals surface area contributed by atoms with Crippen LogP contribution in [0.15, 0.2) is 0 Å². The molecule has 0 amide bonds. The molecule has 2 aliphatic rings. The summed E-state index contributed by atoms with van der Waals surface area (Å²) in [5, 5.41) is 3.35. The third-order valence-electron chi connectivity index (χ3n) is 5.44. The zero-order chi connectivity index (χ0) is 21.3. The maximum absolute atomic E-state index is 6.24. The number of nitrogens with two attached hydrogens (primary N) is 3. The van der Waals surface area contributed by atoms with E-state index in [1.165, 1.54) is 14.2 Å². The minimum Gasteiger partial charge on any atom is -0.348 e. The molecule has 2 aliphatic heterocycles. The molecule has 8 unspecified atom stereocenters. The standard InChI is InChI=1S/C18H38N4O6/c1-10(21)14-15(28-16(3,4)27-14)11(2)22-18(24-7)17(5,23-6)25-12(8-19)13(9-20)26-18/h10-15,22H,8-9,19-21H2,1-7H3. The number of hydrogen-bond acceptors (Lipinski definition) is 10. The van der Waals surface area contributed by atoms with Crippen LogP contribution in [-0.2, 0) is 28.4 Å². The van der Waals surface area contributed by atoms with Crippen molar-refractivity contribution in [1.82, 2.24) is 5.32 Å². The van der Waals surface area contributed by atoms with Crippen LogP contribution in [0.2, 0.25) is 0 Å². The number of rotatable bonds is 8.